The molecular weight excluding hydrogens is 358 g/mol. The zero-order valence-electron chi connectivity index (χ0n) is 14.8. The van der Waals surface area contributed by atoms with Gasteiger partial charge in [-0.05, 0) is 24.3 Å². The number of nitrogens with zero attached hydrogens (tertiary/aromatic N) is 5. The lowest BCUT2D eigenvalue weighted by molar-refractivity contribution is -0.131. The lowest BCUT2D eigenvalue weighted by atomic mass is 10.2. The number of amides is 1. The van der Waals surface area contributed by atoms with Crippen LogP contribution in [0.4, 0.5) is 5.82 Å². The Morgan fingerprint density at radius 1 is 1.19 bits per heavy atom. The summed E-state index contributed by atoms with van der Waals surface area (Å²) in [5.74, 6) is 0.975. The van der Waals surface area contributed by atoms with Crippen LogP contribution in [0.1, 0.15) is 17.0 Å². The second kappa shape index (κ2) is 7.72. The van der Waals surface area contributed by atoms with Crippen LogP contribution in [0.5, 0.6) is 0 Å². The van der Waals surface area contributed by atoms with Crippen LogP contribution >= 0.6 is 11.3 Å². The number of anilines is 1. The molecule has 1 aromatic carbocycles. The maximum absolute atomic E-state index is 12.6. The number of nitriles is 1. The van der Waals surface area contributed by atoms with Gasteiger partial charge in [0.1, 0.15) is 5.82 Å². The van der Waals surface area contributed by atoms with Crippen LogP contribution in [0.3, 0.4) is 0 Å². The van der Waals surface area contributed by atoms with Gasteiger partial charge in [-0.2, -0.15) is 5.26 Å². The molecule has 1 saturated heterocycles. The van der Waals surface area contributed by atoms with Crippen molar-refractivity contribution in [1.82, 2.24) is 14.9 Å². The number of aryl methyl sites for hydroxylation is 1. The molecule has 0 bridgehead atoms. The molecule has 3 aromatic rings. The van der Waals surface area contributed by atoms with Crippen molar-refractivity contribution in [2.75, 3.05) is 31.1 Å². The number of hydrogen-bond acceptors (Lipinski definition) is 6. The fourth-order valence-corrected chi connectivity index (χ4v) is 4.21. The molecule has 0 atom stereocenters. The molecule has 1 aliphatic rings. The molecule has 4 rings (SSSR count). The van der Waals surface area contributed by atoms with E-state index in [2.05, 4.69) is 27.0 Å². The molecule has 0 spiro atoms. The predicted octanol–water partition coefficient (Wildman–Crippen LogP) is 2.84. The van der Waals surface area contributed by atoms with E-state index in [0.29, 0.717) is 31.5 Å². The van der Waals surface area contributed by atoms with E-state index < -0.39 is 0 Å². The van der Waals surface area contributed by atoms with Crippen LogP contribution < -0.4 is 4.90 Å². The monoisotopic (exact) mass is 377 g/mol. The molecule has 0 aliphatic carbocycles. The second-order valence-electron chi connectivity index (χ2n) is 6.46. The molecule has 1 fully saturated rings. The van der Waals surface area contributed by atoms with E-state index >= 15 is 0 Å². The first-order valence-corrected chi connectivity index (χ1v) is 9.78. The number of carbonyl (C=O) groups is 1. The largest absolute Gasteiger partial charge is 0.353 e. The van der Waals surface area contributed by atoms with E-state index in [0.717, 1.165) is 29.4 Å². The molecule has 0 N–H and O–H groups in total. The van der Waals surface area contributed by atoms with E-state index in [1.54, 1.807) is 29.7 Å². The van der Waals surface area contributed by atoms with Gasteiger partial charge in [-0.1, -0.05) is 12.1 Å². The number of hydrogen-bond donors (Lipinski definition) is 0. The van der Waals surface area contributed by atoms with Gasteiger partial charge in [0.15, 0.2) is 0 Å². The molecule has 1 amide bonds. The minimum Gasteiger partial charge on any atom is -0.353 e. The number of aromatic nitrogens is 2. The Hall–Kier alpha value is -2.98. The topological polar surface area (TPSA) is 73.1 Å². The van der Waals surface area contributed by atoms with Crippen molar-refractivity contribution in [2.24, 2.45) is 0 Å². The first kappa shape index (κ1) is 17.4. The summed E-state index contributed by atoms with van der Waals surface area (Å²) in [6.45, 7) is 2.82. The quantitative estimate of drug-likeness (QED) is 0.699. The third kappa shape index (κ3) is 3.91. The summed E-state index contributed by atoms with van der Waals surface area (Å²) >= 11 is 1.66. The molecule has 1 aliphatic heterocycles. The highest BCUT2D eigenvalue weighted by molar-refractivity contribution is 7.18. The average molecular weight is 377 g/mol. The van der Waals surface area contributed by atoms with Gasteiger partial charge in [0, 0.05) is 45.2 Å². The first-order valence-electron chi connectivity index (χ1n) is 8.96. The lowest BCUT2D eigenvalue weighted by Crippen LogP contribution is -2.49. The van der Waals surface area contributed by atoms with E-state index in [1.165, 1.54) is 4.70 Å². The maximum atomic E-state index is 12.6. The summed E-state index contributed by atoms with van der Waals surface area (Å²) in [5.41, 5.74) is 1.61. The molecule has 0 radical (unpaired) electrons. The lowest BCUT2D eigenvalue weighted by Gasteiger charge is -2.35. The Labute approximate surface area is 161 Å². The molecule has 0 saturated carbocycles. The van der Waals surface area contributed by atoms with Crippen molar-refractivity contribution in [3.63, 3.8) is 0 Å². The summed E-state index contributed by atoms with van der Waals surface area (Å²) in [4.78, 5) is 25.5. The number of carbonyl (C=O) groups excluding carboxylic acids is 1. The van der Waals surface area contributed by atoms with Crippen LogP contribution in [0.15, 0.2) is 42.6 Å². The minimum atomic E-state index is 0.174. The van der Waals surface area contributed by atoms with Gasteiger partial charge in [-0.25, -0.2) is 9.97 Å². The molecule has 3 heterocycles. The van der Waals surface area contributed by atoms with Gasteiger partial charge in [0.2, 0.25) is 5.91 Å². The van der Waals surface area contributed by atoms with Crippen LogP contribution in [-0.4, -0.2) is 47.0 Å². The van der Waals surface area contributed by atoms with Gasteiger partial charge >= 0.3 is 0 Å². The molecule has 27 heavy (non-hydrogen) atoms. The number of thiazole rings is 1. The number of para-hydroxylation sites is 1. The molecule has 136 valence electrons. The summed E-state index contributed by atoms with van der Waals surface area (Å²) in [6, 6.07) is 13.7. The summed E-state index contributed by atoms with van der Waals surface area (Å²) in [7, 11) is 0. The van der Waals surface area contributed by atoms with Crippen molar-refractivity contribution < 1.29 is 4.79 Å². The second-order valence-corrected chi connectivity index (χ2v) is 7.57. The Morgan fingerprint density at radius 2 is 2.00 bits per heavy atom. The van der Waals surface area contributed by atoms with E-state index in [1.807, 2.05) is 23.1 Å². The highest BCUT2D eigenvalue weighted by Gasteiger charge is 2.22. The van der Waals surface area contributed by atoms with Crippen LogP contribution in [-0.2, 0) is 11.2 Å². The van der Waals surface area contributed by atoms with Crippen molar-refractivity contribution in [3.8, 4) is 6.07 Å². The standard InChI is InChI=1S/C20H19N5OS/c21-14-15-7-8-22-18(13-15)24-9-11-25(12-10-24)20(26)6-5-19-23-16-3-1-2-4-17(16)27-19/h1-4,7-8,13H,5-6,9-12H2. The smallest absolute Gasteiger partial charge is 0.223 e. The molecule has 2 aromatic heterocycles. The predicted molar refractivity (Wildman–Crippen MR) is 106 cm³/mol. The number of fused-ring (bicyclic) bond motifs is 1. The SMILES string of the molecule is N#Cc1ccnc(N2CCN(C(=O)CCc3nc4ccccc4s3)CC2)c1. The highest BCUT2D eigenvalue weighted by Crippen LogP contribution is 2.23. The van der Waals surface area contributed by atoms with E-state index in [-0.39, 0.29) is 5.91 Å². The Bertz CT molecular complexity index is 968. The highest BCUT2D eigenvalue weighted by atomic mass is 32.1. The number of rotatable bonds is 4. The van der Waals surface area contributed by atoms with E-state index in [4.69, 9.17) is 5.26 Å². The molecular formula is C20H19N5OS. The van der Waals surface area contributed by atoms with Crippen LogP contribution in [0, 0.1) is 11.3 Å². The number of benzene rings is 1. The zero-order chi connectivity index (χ0) is 18.6. The van der Waals surface area contributed by atoms with E-state index in [9.17, 15) is 4.79 Å². The Morgan fingerprint density at radius 3 is 2.78 bits per heavy atom. The van der Waals surface area contributed by atoms with Gasteiger partial charge in [0.25, 0.3) is 0 Å². The zero-order valence-corrected chi connectivity index (χ0v) is 15.7. The van der Waals surface area contributed by atoms with Gasteiger partial charge < -0.3 is 9.80 Å². The first-order chi connectivity index (χ1) is 13.2. The normalized spacial score (nSPS) is 14.3. The third-order valence-electron chi connectivity index (χ3n) is 4.72. The summed E-state index contributed by atoms with van der Waals surface area (Å²) in [6.07, 6.45) is 2.83. The van der Waals surface area contributed by atoms with Crippen molar-refractivity contribution >= 4 is 33.3 Å². The Balaban J connectivity index is 1.31. The van der Waals surface area contributed by atoms with Crippen LogP contribution in [0.2, 0.25) is 0 Å². The average Bonchev–Trinajstić information content (AvgIpc) is 3.15. The Kier molecular flexibility index (Phi) is 4.99. The molecule has 6 nitrogen and oxygen atoms in total. The summed E-state index contributed by atoms with van der Waals surface area (Å²) < 4.78 is 1.17. The minimum absolute atomic E-state index is 0.174. The van der Waals surface area contributed by atoms with Crippen LogP contribution in [0.25, 0.3) is 10.2 Å². The van der Waals surface area contributed by atoms with Crippen molar-refractivity contribution in [3.05, 3.63) is 53.2 Å². The number of piperazine rings is 1. The molecule has 0 unspecified atom stereocenters. The maximum Gasteiger partial charge on any atom is 0.223 e. The van der Waals surface area contributed by atoms with Crippen molar-refractivity contribution in [1.29, 1.82) is 5.26 Å². The molecule has 7 heteroatoms. The number of pyridine rings is 1. The summed E-state index contributed by atoms with van der Waals surface area (Å²) in [5, 5.41) is 10.0. The fraction of sp³-hybridized carbons (Fsp3) is 0.300. The fourth-order valence-electron chi connectivity index (χ4n) is 3.24. The van der Waals surface area contributed by atoms with Gasteiger partial charge in [0.05, 0.1) is 26.9 Å². The van der Waals surface area contributed by atoms with Gasteiger partial charge in [-0.3, -0.25) is 4.79 Å². The third-order valence-corrected chi connectivity index (χ3v) is 5.82. The van der Waals surface area contributed by atoms with Crippen molar-refractivity contribution in [2.45, 2.75) is 12.8 Å². The van der Waals surface area contributed by atoms with Gasteiger partial charge in [-0.15, -0.1) is 11.3 Å².